The molecule has 0 aliphatic carbocycles. The fourth-order valence-electron chi connectivity index (χ4n) is 2.86. The molecule has 0 amide bonds. The molecule has 26 heavy (non-hydrogen) atoms. The lowest BCUT2D eigenvalue weighted by Gasteiger charge is -2.29. The van der Waals surface area contributed by atoms with E-state index in [0.717, 1.165) is 16.7 Å². The van der Waals surface area contributed by atoms with Gasteiger partial charge >= 0.3 is 5.97 Å². The Morgan fingerprint density at radius 1 is 1.23 bits per heavy atom. The number of hydrogen-bond donors (Lipinski definition) is 1. The number of rotatable bonds is 5. The molecule has 5 nitrogen and oxygen atoms in total. The Kier molecular flexibility index (Phi) is 5.85. The molecule has 1 aliphatic rings. The van der Waals surface area contributed by atoms with Crippen molar-refractivity contribution in [2.45, 2.75) is 19.6 Å². The molecule has 1 fully saturated rings. The zero-order chi connectivity index (χ0) is 18.5. The van der Waals surface area contributed by atoms with Crippen molar-refractivity contribution in [3.63, 3.8) is 0 Å². The average Bonchev–Trinajstić information content (AvgIpc) is 2.67. The van der Waals surface area contributed by atoms with E-state index >= 15 is 0 Å². The fraction of sp³-hybridized carbons (Fsp3) is 0.350. The van der Waals surface area contributed by atoms with Gasteiger partial charge in [0.25, 0.3) is 0 Å². The van der Waals surface area contributed by atoms with Gasteiger partial charge in [-0.1, -0.05) is 24.3 Å². The van der Waals surface area contributed by atoms with Crippen LogP contribution in [0.5, 0.6) is 0 Å². The molecule has 0 saturated carbocycles. The first-order chi connectivity index (χ1) is 12.5. The second kappa shape index (κ2) is 8.29. The van der Waals surface area contributed by atoms with E-state index in [1.807, 2.05) is 35.2 Å². The molecule has 2 aromatic carbocycles. The number of esters is 1. The second-order valence-electron chi connectivity index (χ2n) is 6.25. The molecular formula is C20H22FNO4. The van der Waals surface area contributed by atoms with Gasteiger partial charge in [-0.05, 0) is 41.8 Å². The van der Waals surface area contributed by atoms with Crippen molar-refractivity contribution in [2.75, 3.05) is 31.2 Å². The fourth-order valence-corrected chi connectivity index (χ4v) is 2.86. The molecule has 0 radical (unpaired) electrons. The third-order valence-electron chi connectivity index (χ3n) is 4.28. The van der Waals surface area contributed by atoms with E-state index in [0.29, 0.717) is 32.0 Å². The van der Waals surface area contributed by atoms with Gasteiger partial charge in [0.2, 0.25) is 0 Å². The molecule has 138 valence electrons. The van der Waals surface area contributed by atoms with E-state index in [2.05, 4.69) is 0 Å². The summed E-state index contributed by atoms with van der Waals surface area (Å²) in [5, 5.41) is 9.17. The molecule has 1 N–H and O–H groups in total. The number of carbonyl (C=O) groups excluding carboxylic acids is 1. The summed E-state index contributed by atoms with van der Waals surface area (Å²) in [4.78, 5) is 13.3. The lowest BCUT2D eigenvalue weighted by Crippen LogP contribution is -2.36. The number of ether oxygens (including phenoxy) is 2. The van der Waals surface area contributed by atoms with E-state index in [9.17, 15) is 9.18 Å². The summed E-state index contributed by atoms with van der Waals surface area (Å²) in [6.45, 7) is 3.99. The number of nitrogens with zero attached hydrogens (tertiary/aromatic N) is 1. The molecule has 0 unspecified atom stereocenters. The molecule has 3 rings (SSSR count). The molecule has 1 saturated heterocycles. The summed E-state index contributed by atoms with van der Waals surface area (Å²) in [5.41, 5.74) is 2.94. The van der Waals surface area contributed by atoms with Crippen molar-refractivity contribution < 1.29 is 23.8 Å². The molecule has 2 aromatic rings. The number of hydrogen-bond acceptors (Lipinski definition) is 5. The molecule has 0 aromatic heterocycles. The van der Waals surface area contributed by atoms with Crippen LogP contribution < -0.4 is 4.90 Å². The minimum absolute atomic E-state index is 0.0614. The Labute approximate surface area is 152 Å². The number of morpholine rings is 1. The number of anilines is 1. The van der Waals surface area contributed by atoms with Gasteiger partial charge < -0.3 is 19.5 Å². The van der Waals surface area contributed by atoms with Crippen LogP contribution in [0.4, 0.5) is 10.1 Å². The molecule has 6 heteroatoms. The van der Waals surface area contributed by atoms with Crippen molar-refractivity contribution in [1.82, 2.24) is 0 Å². The van der Waals surface area contributed by atoms with E-state index in [1.54, 1.807) is 6.07 Å². The standard InChI is InChI=1S/C20H22FNO4/c1-14(23)20(24)26-13-15-3-2-4-16(11-15)17-5-6-19(18(21)12-17)22-7-9-25-10-8-22/h2-6,11-12,14,23H,7-10,13H2,1H3/t14-/m1/s1. The summed E-state index contributed by atoms with van der Waals surface area (Å²) in [6, 6.07) is 12.6. The molecule has 1 atom stereocenters. The number of carbonyl (C=O) groups is 1. The molecule has 1 aliphatic heterocycles. The molecule has 1 heterocycles. The summed E-state index contributed by atoms with van der Waals surface area (Å²) in [5.74, 6) is -0.938. The highest BCUT2D eigenvalue weighted by molar-refractivity contribution is 5.74. The van der Waals surface area contributed by atoms with E-state index < -0.39 is 12.1 Å². The maximum absolute atomic E-state index is 14.6. The van der Waals surface area contributed by atoms with Crippen LogP contribution in [-0.2, 0) is 20.9 Å². The van der Waals surface area contributed by atoms with Crippen LogP contribution in [0.1, 0.15) is 12.5 Å². The largest absolute Gasteiger partial charge is 0.459 e. The highest BCUT2D eigenvalue weighted by atomic mass is 19.1. The predicted molar refractivity (Wildman–Crippen MR) is 96.3 cm³/mol. The van der Waals surface area contributed by atoms with Crippen molar-refractivity contribution >= 4 is 11.7 Å². The van der Waals surface area contributed by atoms with Crippen molar-refractivity contribution in [3.8, 4) is 11.1 Å². The number of aliphatic hydroxyl groups is 1. The van der Waals surface area contributed by atoms with Crippen LogP contribution in [0.15, 0.2) is 42.5 Å². The van der Waals surface area contributed by atoms with Crippen LogP contribution in [0, 0.1) is 5.82 Å². The lowest BCUT2D eigenvalue weighted by molar-refractivity contribution is -0.153. The summed E-state index contributed by atoms with van der Waals surface area (Å²) in [6.07, 6.45) is -1.15. The zero-order valence-electron chi connectivity index (χ0n) is 14.7. The van der Waals surface area contributed by atoms with Crippen LogP contribution in [0.3, 0.4) is 0 Å². The third-order valence-corrected chi connectivity index (χ3v) is 4.28. The molecule has 0 spiro atoms. The van der Waals surface area contributed by atoms with E-state index in [-0.39, 0.29) is 12.4 Å². The Morgan fingerprint density at radius 3 is 2.65 bits per heavy atom. The predicted octanol–water partition coefficient (Wildman–Crippen LogP) is 2.75. The Balaban J connectivity index is 1.75. The SMILES string of the molecule is C[C@@H](O)C(=O)OCc1cccc(-c2ccc(N3CCOCC3)c(F)c2)c1. The minimum atomic E-state index is -1.15. The van der Waals surface area contributed by atoms with Crippen LogP contribution >= 0.6 is 0 Å². The van der Waals surface area contributed by atoms with Crippen LogP contribution in [0.25, 0.3) is 11.1 Å². The van der Waals surface area contributed by atoms with Gasteiger partial charge in [0.1, 0.15) is 18.5 Å². The van der Waals surface area contributed by atoms with Gasteiger partial charge in [-0.25, -0.2) is 9.18 Å². The Bertz CT molecular complexity index is 772. The maximum Gasteiger partial charge on any atom is 0.334 e. The van der Waals surface area contributed by atoms with Crippen molar-refractivity contribution in [3.05, 3.63) is 53.8 Å². The maximum atomic E-state index is 14.6. The van der Waals surface area contributed by atoms with Gasteiger partial charge in [-0.3, -0.25) is 0 Å². The quantitative estimate of drug-likeness (QED) is 0.832. The summed E-state index contributed by atoms with van der Waals surface area (Å²) in [7, 11) is 0. The number of aliphatic hydroxyl groups excluding tert-OH is 1. The minimum Gasteiger partial charge on any atom is -0.459 e. The van der Waals surface area contributed by atoms with Gasteiger partial charge in [0.15, 0.2) is 0 Å². The lowest BCUT2D eigenvalue weighted by atomic mass is 10.0. The Morgan fingerprint density at radius 2 is 1.96 bits per heavy atom. The third kappa shape index (κ3) is 4.39. The van der Waals surface area contributed by atoms with Gasteiger partial charge in [0, 0.05) is 13.1 Å². The first kappa shape index (κ1) is 18.4. The van der Waals surface area contributed by atoms with Gasteiger partial charge in [-0.15, -0.1) is 0 Å². The summed E-state index contributed by atoms with van der Waals surface area (Å²) < 4.78 is 24.9. The first-order valence-corrected chi connectivity index (χ1v) is 8.61. The normalized spacial score (nSPS) is 15.6. The van der Waals surface area contributed by atoms with Crippen molar-refractivity contribution in [2.24, 2.45) is 0 Å². The second-order valence-corrected chi connectivity index (χ2v) is 6.25. The molecular weight excluding hydrogens is 337 g/mol. The van der Waals surface area contributed by atoms with Gasteiger partial charge in [0.05, 0.1) is 18.9 Å². The van der Waals surface area contributed by atoms with E-state index in [1.165, 1.54) is 13.0 Å². The van der Waals surface area contributed by atoms with E-state index in [4.69, 9.17) is 14.6 Å². The zero-order valence-corrected chi connectivity index (χ0v) is 14.7. The highest BCUT2D eigenvalue weighted by Crippen LogP contribution is 2.27. The van der Waals surface area contributed by atoms with Crippen LogP contribution in [0.2, 0.25) is 0 Å². The Hall–Kier alpha value is -2.44. The van der Waals surface area contributed by atoms with Gasteiger partial charge in [-0.2, -0.15) is 0 Å². The number of halogens is 1. The number of benzene rings is 2. The topological polar surface area (TPSA) is 59.0 Å². The smallest absolute Gasteiger partial charge is 0.334 e. The average molecular weight is 359 g/mol. The van der Waals surface area contributed by atoms with Crippen molar-refractivity contribution in [1.29, 1.82) is 0 Å². The monoisotopic (exact) mass is 359 g/mol. The highest BCUT2D eigenvalue weighted by Gasteiger charge is 2.16. The first-order valence-electron chi connectivity index (χ1n) is 8.61. The van der Waals surface area contributed by atoms with Crippen LogP contribution in [-0.4, -0.2) is 43.5 Å². The molecule has 0 bridgehead atoms. The summed E-state index contributed by atoms with van der Waals surface area (Å²) >= 11 is 0.